The van der Waals surface area contributed by atoms with Crippen molar-refractivity contribution in [2.45, 2.75) is 33.7 Å². The zero-order valence-electron chi connectivity index (χ0n) is 15.9. The van der Waals surface area contributed by atoms with Gasteiger partial charge in [0.2, 0.25) is 0 Å². The van der Waals surface area contributed by atoms with Gasteiger partial charge in [-0.05, 0) is 58.0 Å². The minimum Gasteiger partial charge on any atom is -0.334 e. The first kappa shape index (κ1) is 17.5. The average molecular weight is 367 g/mol. The Bertz CT molecular complexity index is 1010. The van der Waals surface area contributed by atoms with Gasteiger partial charge in [-0.3, -0.25) is 9.48 Å². The van der Waals surface area contributed by atoms with Gasteiger partial charge in [0.25, 0.3) is 5.91 Å². The minimum atomic E-state index is -0.299. The molecule has 3 heterocycles. The smallest absolute Gasteiger partial charge is 0.257 e. The highest BCUT2D eigenvalue weighted by atomic mass is 19.1. The molecule has 7 heteroatoms. The van der Waals surface area contributed by atoms with E-state index >= 15 is 0 Å². The molecule has 27 heavy (non-hydrogen) atoms. The fraction of sp³-hybridized carbons (Fsp3) is 0.350. The normalized spacial score (nSPS) is 14.5. The lowest BCUT2D eigenvalue weighted by Gasteiger charge is -2.39. The Kier molecular flexibility index (Phi) is 4.09. The second-order valence-corrected chi connectivity index (χ2v) is 7.17. The van der Waals surface area contributed by atoms with Crippen molar-refractivity contribution in [3.63, 3.8) is 0 Å². The zero-order chi connectivity index (χ0) is 19.3. The van der Waals surface area contributed by atoms with Crippen molar-refractivity contribution in [3.8, 4) is 5.69 Å². The van der Waals surface area contributed by atoms with Crippen LogP contribution in [0.3, 0.4) is 0 Å². The number of aromatic nitrogens is 4. The van der Waals surface area contributed by atoms with Gasteiger partial charge in [-0.2, -0.15) is 10.2 Å². The molecule has 1 saturated heterocycles. The predicted molar refractivity (Wildman–Crippen MR) is 99.6 cm³/mol. The van der Waals surface area contributed by atoms with Crippen LogP contribution < -0.4 is 0 Å². The summed E-state index contributed by atoms with van der Waals surface area (Å²) < 4.78 is 16.9. The average Bonchev–Trinajstić information content (AvgIpc) is 3.05. The number of likely N-dealkylation sites (tertiary alicyclic amines) is 1. The van der Waals surface area contributed by atoms with Gasteiger partial charge in [-0.15, -0.1) is 0 Å². The van der Waals surface area contributed by atoms with E-state index in [0.29, 0.717) is 24.3 Å². The number of carbonyl (C=O) groups excluding carboxylic acids is 1. The first-order valence-corrected chi connectivity index (χ1v) is 8.99. The Hall–Kier alpha value is -2.96. The van der Waals surface area contributed by atoms with Crippen LogP contribution in [-0.2, 0) is 0 Å². The molecular formula is C20H22FN5O. The lowest BCUT2D eigenvalue weighted by atomic mass is 10.1. The van der Waals surface area contributed by atoms with Crippen molar-refractivity contribution in [1.82, 2.24) is 24.5 Å². The highest BCUT2D eigenvalue weighted by Crippen LogP contribution is 2.27. The summed E-state index contributed by atoms with van der Waals surface area (Å²) in [6.07, 6.45) is 0. The molecule has 140 valence electrons. The summed E-state index contributed by atoms with van der Waals surface area (Å²) in [5.74, 6) is -0.316. The predicted octanol–water partition coefficient (Wildman–Crippen LogP) is 3.14. The van der Waals surface area contributed by atoms with Gasteiger partial charge in [0, 0.05) is 18.8 Å². The SMILES string of the molecule is Cc1cc(C)n(C2CN(C(=O)c3c(C)nn(-c4ccc(F)cc4)c3C)C2)n1. The second-order valence-electron chi connectivity index (χ2n) is 7.17. The summed E-state index contributed by atoms with van der Waals surface area (Å²) >= 11 is 0. The lowest BCUT2D eigenvalue weighted by molar-refractivity contribution is 0.0496. The number of carbonyl (C=O) groups is 1. The quantitative estimate of drug-likeness (QED) is 0.715. The third kappa shape index (κ3) is 2.93. The molecule has 0 unspecified atom stereocenters. The Morgan fingerprint density at radius 3 is 2.33 bits per heavy atom. The van der Waals surface area contributed by atoms with Crippen LogP contribution in [0.4, 0.5) is 4.39 Å². The highest BCUT2D eigenvalue weighted by molar-refractivity contribution is 5.97. The van der Waals surface area contributed by atoms with Gasteiger partial charge < -0.3 is 4.90 Å². The van der Waals surface area contributed by atoms with Crippen LogP contribution in [0.5, 0.6) is 0 Å². The van der Waals surface area contributed by atoms with Gasteiger partial charge in [-0.25, -0.2) is 9.07 Å². The first-order chi connectivity index (χ1) is 12.8. The van der Waals surface area contributed by atoms with Crippen LogP contribution in [0.1, 0.15) is 39.2 Å². The number of aryl methyl sites for hydroxylation is 3. The maximum atomic E-state index is 13.2. The molecule has 6 nitrogen and oxygen atoms in total. The van der Waals surface area contributed by atoms with E-state index in [-0.39, 0.29) is 17.8 Å². The molecule has 4 rings (SSSR count). The van der Waals surface area contributed by atoms with E-state index in [2.05, 4.69) is 10.2 Å². The number of hydrogen-bond acceptors (Lipinski definition) is 3. The largest absolute Gasteiger partial charge is 0.334 e. The van der Waals surface area contributed by atoms with Crippen LogP contribution in [0.2, 0.25) is 0 Å². The molecule has 0 radical (unpaired) electrons. The molecule has 0 saturated carbocycles. The molecule has 0 aliphatic carbocycles. The summed E-state index contributed by atoms with van der Waals surface area (Å²) in [4.78, 5) is 14.8. The van der Waals surface area contributed by atoms with E-state index in [9.17, 15) is 9.18 Å². The molecule has 1 aliphatic heterocycles. The van der Waals surface area contributed by atoms with Crippen molar-refractivity contribution >= 4 is 5.91 Å². The number of benzene rings is 1. The van der Waals surface area contributed by atoms with Crippen LogP contribution in [-0.4, -0.2) is 43.5 Å². The monoisotopic (exact) mass is 367 g/mol. The molecule has 0 N–H and O–H groups in total. The molecule has 1 fully saturated rings. The second kappa shape index (κ2) is 6.33. The maximum absolute atomic E-state index is 13.2. The fourth-order valence-corrected chi connectivity index (χ4v) is 3.74. The lowest BCUT2D eigenvalue weighted by Crippen LogP contribution is -2.51. The molecule has 1 amide bonds. The first-order valence-electron chi connectivity index (χ1n) is 8.99. The van der Waals surface area contributed by atoms with Gasteiger partial charge in [-0.1, -0.05) is 0 Å². The molecule has 0 spiro atoms. The molecule has 1 aromatic carbocycles. The number of amides is 1. The van der Waals surface area contributed by atoms with Crippen LogP contribution in [0, 0.1) is 33.5 Å². The van der Waals surface area contributed by atoms with Crippen molar-refractivity contribution in [3.05, 3.63) is 64.5 Å². The van der Waals surface area contributed by atoms with Gasteiger partial charge in [0.15, 0.2) is 0 Å². The van der Waals surface area contributed by atoms with Crippen LogP contribution in [0.25, 0.3) is 5.69 Å². The van der Waals surface area contributed by atoms with Crippen LogP contribution in [0.15, 0.2) is 30.3 Å². The van der Waals surface area contributed by atoms with E-state index in [4.69, 9.17) is 0 Å². The molecule has 2 aromatic heterocycles. The summed E-state index contributed by atoms with van der Waals surface area (Å²) in [6, 6.07) is 8.36. The zero-order valence-corrected chi connectivity index (χ0v) is 15.9. The summed E-state index contributed by atoms with van der Waals surface area (Å²) in [5, 5.41) is 9.01. The van der Waals surface area contributed by atoms with Crippen molar-refractivity contribution in [1.29, 1.82) is 0 Å². The minimum absolute atomic E-state index is 0.0175. The molecule has 1 aliphatic rings. The molecular weight excluding hydrogens is 345 g/mol. The number of halogens is 1. The Balaban J connectivity index is 1.55. The van der Waals surface area contributed by atoms with Gasteiger partial charge in [0.05, 0.1) is 34.4 Å². The number of hydrogen-bond donors (Lipinski definition) is 0. The van der Waals surface area contributed by atoms with Crippen molar-refractivity contribution in [2.75, 3.05) is 13.1 Å². The van der Waals surface area contributed by atoms with E-state index in [1.807, 2.05) is 43.3 Å². The Morgan fingerprint density at radius 2 is 1.74 bits per heavy atom. The van der Waals surface area contributed by atoms with E-state index in [1.54, 1.807) is 16.8 Å². The summed E-state index contributed by atoms with van der Waals surface area (Å²) in [7, 11) is 0. The Morgan fingerprint density at radius 1 is 1.07 bits per heavy atom. The topological polar surface area (TPSA) is 56.0 Å². The fourth-order valence-electron chi connectivity index (χ4n) is 3.74. The Labute approximate surface area is 157 Å². The molecule has 0 atom stereocenters. The summed E-state index contributed by atoms with van der Waals surface area (Å²) in [5.41, 5.74) is 4.90. The van der Waals surface area contributed by atoms with E-state index in [1.165, 1.54) is 12.1 Å². The van der Waals surface area contributed by atoms with E-state index < -0.39 is 0 Å². The number of nitrogens with zero attached hydrogens (tertiary/aromatic N) is 5. The van der Waals surface area contributed by atoms with E-state index in [0.717, 1.165) is 22.8 Å². The third-order valence-electron chi connectivity index (χ3n) is 5.12. The molecule has 0 bridgehead atoms. The third-order valence-corrected chi connectivity index (χ3v) is 5.12. The number of rotatable bonds is 3. The standard InChI is InChI=1S/C20H22FN5O/c1-12-9-13(2)25(22-12)18-10-24(11-18)20(27)19-14(3)23-26(15(19)4)17-7-5-16(21)6-8-17/h5-9,18H,10-11H2,1-4H3. The van der Waals surface area contributed by atoms with Crippen molar-refractivity contribution in [2.24, 2.45) is 0 Å². The van der Waals surface area contributed by atoms with Gasteiger partial charge >= 0.3 is 0 Å². The highest BCUT2D eigenvalue weighted by Gasteiger charge is 2.35. The molecule has 3 aromatic rings. The summed E-state index contributed by atoms with van der Waals surface area (Å²) in [6.45, 7) is 8.99. The van der Waals surface area contributed by atoms with Gasteiger partial charge in [0.1, 0.15) is 5.82 Å². The maximum Gasteiger partial charge on any atom is 0.257 e. The van der Waals surface area contributed by atoms with Crippen LogP contribution >= 0.6 is 0 Å². The van der Waals surface area contributed by atoms with Crippen molar-refractivity contribution < 1.29 is 9.18 Å².